The topological polar surface area (TPSA) is 38.5 Å². The second-order valence-corrected chi connectivity index (χ2v) is 4.84. The van der Waals surface area contributed by atoms with Crippen molar-refractivity contribution < 1.29 is 4.74 Å². The first-order valence-electron chi connectivity index (χ1n) is 5.45. The predicted molar refractivity (Wildman–Crippen MR) is 77.6 cm³/mol. The number of thiophene rings is 1. The molecule has 2 rings (SSSR count). The molecule has 0 radical (unpaired) electrons. The Labute approximate surface area is 119 Å². The second-order valence-electron chi connectivity index (χ2n) is 3.86. The van der Waals surface area contributed by atoms with E-state index >= 15 is 0 Å². The van der Waals surface area contributed by atoms with Crippen LogP contribution in [0.2, 0.25) is 0 Å². The largest absolute Gasteiger partial charge is 0.379 e. The van der Waals surface area contributed by atoms with E-state index in [1.807, 2.05) is 0 Å². The molecule has 1 unspecified atom stereocenters. The van der Waals surface area contributed by atoms with Crippen LogP contribution in [0.25, 0.3) is 0 Å². The fraction of sp³-hybridized carbons (Fsp3) is 0.636. The van der Waals surface area contributed by atoms with Crippen LogP contribution in [0.15, 0.2) is 17.5 Å². The Balaban J connectivity index is 0.00000128. The third kappa shape index (κ3) is 5.55. The number of nitrogens with two attached hydrogens (primary N) is 1. The van der Waals surface area contributed by atoms with E-state index in [0.29, 0.717) is 0 Å². The lowest BCUT2D eigenvalue weighted by molar-refractivity contribution is 0.0366. The first-order valence-corrected chi connectivity index (χ1v) is 6.33. The molecule has 3 nitrogen and oxygen atoms in total. The molecule has 6 heteroatoms. The van der Waals surface area contributed by atoms with Gasteiger partial charge < -0.3 is 10.5 Å². The van der Waals surface area contributed by atoms with Gasteiger partial charge in [-0.15, -0.1) is 36.2 Å². The van der Waals surface area contributed by atoms with Crippen LogP contribution in [0.1, 0.15) is 17.3 Å². The Hall–Kier alpha value is 0.160. The normalized spacial score (nSPS) is 17.9. The Bertz CT molecular complexity index is 279. The molecule has 1 saturated heterocycles. The average molecular weight is 299 g/mol. The van der Waals surface area contributed by atoms with Crippen molar-refractivity contribution in [2.45, 2.75) is 12.5 Å². The fourth-order valence-corrected chi connectivity index (χ4v) is 2.55. The van der Waals surface area contributed by atoms with Crippen molar-refractivity contribution >= 4 is 36.2 Å². The Morgan fingerprint density at radius 3 is 2.65 bits per heavy atom. The van der Waals surface area contributed by atoms with Gasteiger partial charge in [-0.1, -0.05) is 6.07 Å². The first kappa shape index (κ1) is 17.2. The zero-order valence-corrected chi connectivity index (χ0v) is 12.2. The lowest BCUT2D eigenvalue weighted by Gasteiger charge is -2.27. The molecule has 0 amide bonds. The van der Waals surface area contributed by atoms with E-state index in [2.05, 4.69) is 22.4 Å². The molecule has 1 fully saturated rings. The zero-order chi connectivity index (χ0) is 10.5. The van der Waals surface area contributed by atoms with E-state index in [4.69, 9.17) is 10.5 Å². The summed E-state index contributed by atoms with van der Waals surface area (Å²) in [5.74, 6) is 0. The molecule has 1 atom stereocenters. The van der Waals surface area contributed by atoms with Gasteiger partial charge in [-0.05, 0) is 17.9 Å². The van der Waals surface area contributed by atoms with Crippen molar-refractivity contribution in [3.63, 3.8) is 0 Å². The highest BCUT2D eigenvalue weighted by Gasteiger charge is 2.13. The summed E-state index contributed by atoms with van der Waals surface area (Å²) in [4.78, 5) is 3.72. The number of hydrogen-bond donors (Lipinski definition) is 1. The van der Waals surface area contributed by atoms with Crippen LogP contribution in [0, 0.1) is 0 Å². The van der Waals surface area contributed by atoms with Crippen LogP contribution in [0.4, 0.5) is 0 Å². The van der Waals surface area contributed by atoms with Crippen LogP contribution >= 0.6 is 36.2 Å². The molecule has 1 aliphatic rings. The van der Waals surface area contributed by atoms with E-state index in [0.717, 1.165) is 39.3 Å². The number of ether oxygens (including phenoxy) is 1. The van der Waals surface area contributed by atoms with Crippen LogP contribution in [-0.4, -0.2) is 37.7 Å². The molecule has 1 aromatic heterocycles. The molecule has 2 heterocycles. The van der Waals surface area contributed by atoms with Gasteiger partial charge >= 0.3 is 0 Å². The summed E-state index contributed by atoms with van der Waals surface area (Å²) in [5, 5.41) is 2.09. The molecule has 0 saturated carbocycles. The van der Waals surface area contributed by atoms with E-state index in [1.54, 1.807) is 11.3 Å². The summed E-state index contributed by atoms with van der Waals surface area (Å²) in [6.45, 7) is 4.93. The summed E-state index contributed by atoms with van der Waals surface area (Å²) in [7, 11) is 0. The lowest BCUT2D eigenvalue weighted by Crippen LogP contribution is -2.37. The zero-order valence-electron chi connectivity index (χ0n) is 9.71. The molecule has 1 aromatic rings. The number of morpholine rings is 1. The van der Waals surface area contributed by atoms with Crippen molar-refractivity contribution in [3.8, 4) is 0 Å². The van der Waals surface area contributed by atoms with Crippen molar-refractivity contribution in [3.05, 3.63) is 22.4 Å². The smallest absolute Gasteiger partial charge is 0.0594 e. The quantitative estimate of drug-likeness (QED) is 0.927. The minimum atomic E-state index is 0. The van der Waals surface area contributed by atoms with Gasteiger partial charge in [0, 0.05) is 30.6 Å². The molecule has 0 bridgehead atoms. The molecule has 0 aliphatic carbocycles. The van der Waals surface area contributed by atoms with Gasteiger partial charge in [0.25, 0.3) is 0 Å². The fourth-order valence-electron chi connectivity index (χ4n) is 1.79. The number of rotatable bonds is 4. The molecule has 100 valence electrons. The molecule has 1 aliphatic heterocycles. The minimum Gasteiger partial charge on any atom is -0.379 e. The Morgan fingerprint density at radius 1 is 1.35 bits per heavy atom. The summed E-state index contributed by atoms with van der Waals surface area (Å²) in [6.07, 6.45) is 1.04. The highest BCUT2D eigenvalue weighted by atomic mass is 35.5. The third-order valence-corrected chi connectivity index (χ3v) is 3.77. The monoisotopic (exact) mass is 298 g/mol. The van der Waals surface area contributed by atoms with E-state index < -0.39 is 0 Å². The number of hydrogen-bond acceptors (Lipinski definition) is 4. The first-order chi connectivity index (χ1) is 7.36. The maximum Gasteiger partial charge on any atom is 0.0594 e. The summed E-state index contributed by atoms with van der Waals surface area (Å²) >= 11 is 1.75. The number of halogens is 2. The Morgan fingerprint density at radius 2 is 2.06 bits per heavy atom. The van der Waals surface area contributed by atoms with Crippen molar-refractivity contribution in [2.24, 2.45) is 5.73 Å². The predicted octanol–water partition coefficient (Wildman–Crippen LogP) is 2.31. The molecule has 0 aromatic carbocycles. The number of nitrogens with zero attached hydrogens (tertiary/aromatic N) is 1. The molecular formula is C11H20Cl2N2OS. The van der Waals surface area contributed by atoms with Crippen LogP contribution in [-0.2, 0) is 4.74 Å². The molecule has 17 heavy (non-hydrogen) atoms. The lowest BCUT2D eigenvalue weighted by atomic mass is 10.2. The van der Waals surface area contributed by atoms with Gasteiger partial charge in [-0.25, -0.2) is 0 Å². The molecule has 0 spiro atoms. The van der Waals surface area contributed by atoms with Gasteiger partial charge in [-0.3, -0.25) is 4.90 Å². The SMILES string of the molecule is Cl.Cl.NC(CCN1CCOCC1)c1cccs1. The van der Waals surface area contributed by atoms with E-state index in [9.17, 15) is 0 Å². The minimum absolute atomic E-state index is 0. The van der Waals surface area contributed by atoms with Gasteiger partial charge in [0.2, 0.25) is 0 Å². The van der Waals surface area contributed by atoms with Crippen LogP contribution < -0.4 is 5.73 Å². The van der Waals surface area contributed by atoms with Crippen LogP contribution in [0.3, 0.4) is 0 Å². The van der Waals surface area contributed by atoms with Gasteiger partial charge in [0.05, 0.1) is 13.2 Å². The maximum atomic E-state index is 6.11. The summed E-state index contributed by atoms with van der Waals surface area (Å²) in [5.41, 5.74) is 6.11. The van der Waals surface area contributed by atoms with Crippen molar-refractivity contribution in [1.29, 1.82) is 0 Å². The van der Waals surface area contributed by atoms with Crippen molar-refractivity contribution in [2.75, 3.05) is 32.8 Å². The molecular weight excluding hydrogens is 279 g/mol. The van der Waals surface area contributed by atoms with Gasteiger partial charge in [-0.2, -0.15) is 0 Å². The maximum absolute atomic E-state index is 6.11. The highest BCUT2D eigenvalue weighted by Crippen LogP contribution is 2.19. The summed E-state index contributed by atoms with van der Waals surface area (Å²) in [6, 6.07) is 4.39. The standard InChI is InChI=1S/C11H18N2OS.2ClH/c12-10(11-2-1-9-15-11)3-4-13-5-7-14-8-6-13;;/h1-2,9-10H,3-8,12H2;2*1H. The van der Waals surface area contributed by atoms with Crippen LogP contribution in [0.5, 0.6) is 0 Å². The van der Waals surface area contributed by atoms with Gasteiger partial charge in [0.1, 0.15) is 0 Å². The molecule has 2 N–H and O–H groups in total. The van der Waals surface area contributed by atoms with Gasteiger partial charge in [0.15, 0.2) is 0 Å². The Kier molecular flexibility index (Phi) is 9.22. The summed E-state index contributed by atoms with van der Waals surface area (Å²) < 4.78 is 5.31. The highest BCUT2D eigenvalue weighted by molar-refractivity contribution is 7.10. The third-order valence-electron chi connectivity index (χ3n) is 2.77. The van der Waals surface area contributed by atoms with Crippen molar-refractivity contribution in [1.82, 2.24) is 4.90 Å². The van der Waals surface area contributed by atoms with E-state index in [-0.39, 0.29) is 30.9 Å². The second kappa shape index (κ2) is 9.14. The average Bonchev–Trinajstić information content (AvgIpc) is 2.81. The van der Waals surface area contributed by atoms with E-state index in [1.165, 1.54) is 4.88 Å².